The van der Waals surface area contributed by atoms with Crippen molar-refractivity contribution >= 4 is 22.4 Å². The van der Waals surface area contributed by atoms with Crippen LogP contribution in [0.1, 0.15) is 28.4 Å². The highest BCUT2D eigenvalue weighted by Crippen LogP contribution is 2.31. The van der Waals surface area contributed by atoms with Gasteiger partial charge in [0.05, 0.1) is 5.56 Å². The van der Waals surface area contributed by atoms with Gasteiger partial charge in [0, 0.05) is 36.1 Å². The molecule has 0 radical (unpaired) electrons. The lowest BCUT2D eigenvalue weighted by Crippen LogP contribution is -2.12. The number of nitrogens with one attached hydrogen (secondary N) is 1. The van der Waals surface area contributed by atoms with Crippen molar-refractivity contribution in [2.75, 3.05) is 14.1 Å². The van der Waals surface area contributed by atoms with Gasteiger partial charge in [-0.2, -0.15) is 5.10 Å². The van der Waals surface area contributed by atoms with E-state index in [-0.39, 0.29) is 17.4 Å². The Kier molecular flexibility index (Phi) is 4.46. The predicted octanol–water partition coefficient (Wildman–Crippen LogP) is 3.67. The number of benzene rings is 2. The number of hydrogen-bond acceptors (Lipinski definition) is 4. The molecule has 0 spiro atoms. The third-order valence-corrected chi connectivity index (χ3v) is 3.92. The molecular weight excluding hydrogens is 340 g/mol. The number of aromatic hydroxyl groups is 1. The molecule has 0 bridgehead atoms. The number of aromatic amines is 1. The van der Waals surface area contributed by atoms with Crippen LogP contribution in [0.4, 0.5) is 8.78 Å². The maximum atomic E-state index is 13.7. The standard InChI is InChI=1S/C19H17F2N3O2/c1-10(25)11-5-7-16-13(8-11)17(19(26)22-16)18(23-24(2)3)12-4-6-14(20)15(21)9-12/h4-9,22,26H,1-3H3. The molecule has 0 unspecified atom stereocenters. The van der Waals surface area contributed by atoms with Gasteiger partial charge in [0.2, 0.25) is 0 Å². The second-order valence-corrected chi connectivity index (χ2v) is 6.09. The van der Waals surface area contributed by atoms with E-state index in [1.807, 2.05) is 0 Å². The number of Topliss-reactive ketones (excluding diaryl/α,β-unsaturated/α-hetero) is 1. The largest absolute Gasteiger partial charge is 0.494 e. The first-order valence-corrected chi connectivity index (χ1v) is 7.85. The maximum absolute atomic E-state index is 13.7. The topological polar surface area (TPSA) is 68.7 Å². The molecule has 2 N–H and O–H groups in total. The molecular formula is C19H17F2N3O2. The number of carbonyl (C=O) groups is 1. The average Bonchev–Trinajstić information content (AvgIpc) is 2.90. The van der Waals surface area contributed by atoms with E-state index in [0.29, 0.717) is 27.6 Å². The maximum Gasteiger partial charge on any atom is 0.199 e. The van der Waals surface area contributed by atoms with Crippen LogP contribution in [0.15, 0.2) is 41.5 Å². The zero-order valence-corrected chi connectivity index (χ0v) is 14.5. The Morgan fingerprint density at radius 3 is 2.38 bits per heavy atom. The second kappa shape index (κ2) is 6.59. The van der Waals surface area contributed by atoms with Gasteiger partial charge in [0.1, 0.15) is 5.71 Å². The van der Waals surface area contributed by atoms with Crippen LogP contribution in [0.25, 0.3) is 10.9 Å². The Bertz CT molecular complexity index is 1040. The lowest BCUT2D eigenvalue weighted by atomic mass is 9.99. The number of hydrogen-bond donors (Lipinski definition) is 2. The monoisotopic (exact) mass is 357 g/mol. The fourth-order valence-electron chi connectivity index (χ4n) is 2.73. The summed E-state index contributed by atoms with van der Waals surface area (Å²) in [7, 11) is 3.35. The van der Waals surface area contributed by atoms with Crippen molar-refractivity contribution in [2.45, 2.75) is 6.92 Å². The summed E-state index contributed by atoms with van der Waals surface area (Å²) in [5, 5.41) is 16.8. The number of carbonyl (C=O) groups excluding carboxylic acids is 1. The van der Waals surface area contributed by atoms with Gasteiger partial charge in [0.15, 0.2) is 23.3 Å². The summed E-state index contributed by atoms with van der Waals surface area (Å²) in [6.07, 6.45) is 0. The lowest BCUT2D eigenvalue weighted by Gasteiger charge is -2.12. The van der Waals surface area contributed by atoms with Crippen molar-refractivity contribution < 1.29 is 18.7 Å². The van der Waals surface area contributed by atoms with Crippen molar-refractivity contribution in [3.8, 4) is 5.88 Å². The van der Waals surface area contributed by atoms with Crippen LogP contribution in [-0.4, -0.2) is 40.7 Å². The van der Waals surface area contributed by atoms with Gasteiger partial charge < -0.3 is 15.1 Å². The van der Waals surface area contributed by atoms with Gasteiger partial charge in [-0.25, -0.2) is 8.78 Å². The molecule has 0 aliphatic carbocycles. The minimum absolute atomic E-state index is 0.127. The molecule has 0 atom stereocenters. The number of aromatic nitrogens is 1. The van der Waals surface area contributed by atoms with Crippen molar-refractivity contribution in [1.82, 2.24) is 9.99 Å². The third kappa shape index (κ3) is 3.15. The van der Waals surface area contributed by atoms with Crippen LogP contribution in [0.5, 0.6) is 5.88 Å². The molecule has 2 aromatic carbocycles. The molecule has 0 amide bonds. The number of halogens is 2. The van der Waals surface area contributed by atoms with Crippen molar-refractivity contribution in [2.24, 2.45) is 5.10 Å². The molecule has 3 rings (SSSR count). The van der Waals surface area contributed by atoms with Crippen molar-refractivity contribution in [3.05, 3.63) is 64.7 Å². The molecule has 7 heteroatoms. The van der Waals surface area contributed by atoms with E-state index < -0.39 is 11.6 Å². The fourth-order valence-corrected chi connectivity index (χ4v) is 2.73. The Hall–Kier alpha value is -3.22. The van der Waals surface area contributed by atoms with Crippen LogP contribution in [0.2, 0.25) is 0 Å². The highest BCUT2D eigenvalue weighted by molar-refractivity contribution is 6.21. The Balaban J connectivity index is 2.30. The smallest absolute Gasteiger partial charge is 0.199 e. The Labute approximate surface area is 148 Å². The summed E-state index contributed by atoms with van der Waals surface area (Å²) in [5.41, 5.74) is 1.91. The van der Waals surface area contributed by atoms with Crippen molar-refractivity contribution in [3.63, 3.8) is 0 Å². The number of H-pyrrole nitrogens is 1. The summed E-state index contributed by atoms with van der Waals surface area (Å²) >= 11 is 0. The first kappa shape index (κ1) is 17.6. The van der Waals surface area contributed by atoms with Gasteiger partial charge >= 0.3 is 0 Å². The summed E-state index contributed by atoms with van der Waals surface area (Å²) in [6, 6.07) is 8.36. The molecule has 0 aliphatic heterocycles. The van der Waals surface area contributed by atoms with Crippen LogP contribution >= 0.6 is 0 Å². The normalized spacial score (nSPS) is 11.8. The molecule has 134 valence electrons. The summed E-state index contributed by atoms with van der Waals surface area (Å²) in [5.74, 6) is -2.29. The number of nitrogens with zero attached hydrogens (tertiary/aromatic N) is 2. The molecule has 5 nitrogen and oxygen atoms in total. The average molecular weight is 357 g/mol. The molecule has 1 heterocycles. The van der Waals surface area contributed by atoms with Crippen molar-refractivity contribution in [1.29, 1.82) is 0 Å². The number of fused-ring (bicyclic) bond motifs is 1. The van der Waals surface area contributed by atoms with Gasteiger partial charge in [-0.05, 0) is 43.3 Å². The minimum Gasteiger partial charge on any atom is -0.494 e. The molecule has 0 saturated heterocycles. The van der Waals surface area contributed by atoms with E-state index in [1.54, 1.807) is 32.3 Å². The predicted molar refractivity (Wildman–Crippen MR) is 95.7 cm³/mol. The number of ketones is 1. The first-order chi connectivity index (χ1) is 12.3. The lowest BCUT2D eigenvalue weighted by molar-refractivity contribution is 0.101. The second-order valence-electron chi connectivity index (χ2n) is 6.09. The van der Waals surface area contributed by atoms with Gasteiger partial charge in [-0.3, -0.25) is 4.79 Å². The highest BCUT2D eigenvalue weighted by Gasteiger charge is 2.21. The van der Waals surface area contributed by atoms with Gasteiger partial charge in [0.25, 0.3) is 0 Å². The van der Waals surface area contributed by atoms with Gasteiger partial charge in [-0.15, -0.1) is 0 Å². The quantitative estimate of drug-likeness (QED) is 0.425. The van der Waals surface area contributed by atoms with Crippen LogP contribution in [0, 0.1) is 11.6 Å². The van der Waals surface area contributed by atoms with Gasteiger partial charge in [-0.1, -0.05) is 0 Å². The SMILES string of the molecule is CC(=O)c1ccc2[nH]c(O)c(C(=NN(C)C)c3ccc(F)c(F)c3)c2c1. The summed E-state index contributed by atoms with van der Waals surface area (Å²) in [6.45, 7) is 1.44. The molecule has 1 aromatic heterocycles. The van der Waals surface area contributed by atoms with E-state index >= 15 is 0 Å². The number of rotatable bonds is 4. The third-order valence-electron chi connectivity index (χ3n) is 3.92. The molecule has 0 aliphatic rings. The van der Waals surface area contributed by atoms with E-state index in [0.717, 1.165) is 12.1 Å². The van der Waals surface area contributed by atoms with E-state index in [4.69, 9.17) is 0 Å². The summed E-state index contributed by atoms with van der Waals surface area (Å²) in [4.78, 5) is 14.5. The van der Waals surface area contributed by atoms with E-state index in [1.165, 1.54) is 18.0 Å². The molecule has 0 saturated carbocycles. The minimum atomic E-state index is -1.02. The highest BCUT2D eigenvalue weighted by atomic mass is 19.2. The molecule has 0 fully saturated rings. The first-order valence-electron chi connectivity index (χ1n) is 7.85. The van der Waals surface area contributed by atoms with E-state index in [9.17, 15) is 18.7 Å². The van der Waals surface area contributed by atoms with Crippen LogP contribution in [-0.2, 0) is 0 Å². The fraction of sp³-hybridized carbons (Fsp3) is 0.158. The Morgan fingerprint density at radius 1 is 1.08 bits per heavy atom. The molecule has 26 heavy (non-hydrogen) atoms. The van der Waals surface area contributed by atoms with E-state index in [2.05, 4.69) is 10.1 Å². The zero-order valence-electron chi connectivity index (χ0n) is 14.5. The van der Waals surface area contributed by atoms with Crippen LogP contribution < -0.4 is 0 Å². The Morgan fingerprint density at radius 2 is 1.77 bits per heavy atom. The van der Waals surface area contributed by atoms with Crippen LogP contribution in [0.3, 0.4) is 0 Å². The molecule has 3 aromatic rings. The number of hydrazone groups is 1. The summed E-state index contributed by atoms with van der Waals surface area (Å²) < 4.78 is 27.1. The zero-order chi connectivity index (χ0) is 19.0.